The molecule has 0 aromatic heterocycles. The van der Waals surface area contributed by atoms with Crippen LogP contribution in [0, 0.1) is 5.41 Å². The third-order valence-electron chi connectivity index (χ3n) is 2.85. The van der Waals surface area contributed by atoms with E-state index in [0.29, 0.717) is 12.8 Å². The zero-order chi connectivity index (χ0) is 13.3. The minimum Gasteiger partial charge on any atom is -0.463 e. The van der Waals surface area contributed by atoms with Crippen LogP contribution in [0.15, 0.2) is 10.5 Å². The fourth-order valence-electron chi connectivity index (χ4n) is 1.96. The van der Waals surface area contributed by atoms with Gasteiger partial charge in [-0.1, -0.05) is 13.8 Å². The second kappa shape index (κ2) is 4.78. The Labute approximate surface area is 102 Å². The highest BCUT2D eigenvalue weighted by Crippen LogP contribution is 2.40. The molecule has 0 aromatic carbocycles. The Morgan fingerprint density at radius 3 is 2.53 bits per heavy atom. The number of ether oxygens (including phenoxy) is 1. The standard InChI is InChI=1S/C11H18O5S/c1-4-16-10(12)8-7-11(2,3)6-5-9(8)17(13,14)15/h4-7H2,1-3H3,(H,13,14,15). The molecule has 0 aliphatic heterocycles. The van der Waals surface area contributed by atoms with E-state index in [-0.39, 0.29) is 28.9 Å². The van der Waals surface area contributed by atoms with Crippen LogP contribution in [0.1, 0.15) is 40.0 Å². The molecule has 98 valence electrons. The third kappa shape index (κ3) is 3.54. The van der Waals surface area contributed by atoms with E-state index in [9.17, 15) is 13.2 Å². The summed E-state index contributed by atoms with van der Waals surface area (Å²) in [5, 5.41) is 0. The van der Waals surface area contributed by atoms with Crippen LogP contribution >= 0.6 is 0 Å². The molecular weight excluding hydrogens is 244 g/mol. The van der Waals surface area contributed by atoms with E-state index in [1.54, 1.807) is 6.92 Å². The van der Waals surface area contributed by atoms with Crippen molar-refractivity contribution >= 4 is 16.1 Å². The molecule has 0 heterocycles. The lowest BCUT2D eigenvalue weighted by atomic mass is 9.77. The highest BCUT2D eigenvalue weighted by atomic mass is 32.2. The number of allylic oxidation sites excluding steroid dienone is 1. The molecule has 1 rings (SSSR count). The number of carbonyl (C=O) groups is 1. The normalized spacial score (nSPS) is 20.2. The molecule has 0 saturated carbocycles. The number of rotatable bonds is 3. The molecule has 0 unspecified atom stereocenters. The zero-order valence-electron chi connectivity index (χ0n) is 10.3. The van der Waals surface area contributed by atoms with Gasteiger partial charge >= 0.3 is 5.97 Å². The third-order valence-corrected chi connectivity index (χ3v) is 3.93. The van der Waals surface area contributed by atoms with Gasteiger partial charge in [0.15, 0.2) is 0 Å². The van der Waals surface area contributed by atoms with Gasteiger partial charge in [0.1, 0.15) is 0 Å². The first-order valence-corrected chi connectivity index (χ1v) is 6.98. The summed E-state index contributed by atoms with van der Waals surface area (Å²) in [6, 6.07) is 0. The Balaban J connectivity index is 3.20. The largest absolute Gasteiger partial charge is 0.463 e. The van der Waals surface area contributed by atoms with Crippen molar-refractivity contribution in [1.29, 1.82) is 0 Å². The van der Waals surface area contributed by atoms with Crippen molar-refractivity contribution in [3.63, 3.8) is 0 Å². The zero-order valence-corrected chi connectivity index (χ0v) is 11.1. The first-order valence-electron chi connectivity index (χ1n) is 5.54. The average molecular weight is 262 g/mol. The van der Waals surface area contributed by atoms with Gasteiger partial charge in [0.25, 0.3) is 10.1 Å². The molecule has 1 aliphatic rings. The second-order valence-electron chi connectivity index (χ2n) is 4.94. The summed E-state index contributed by atoms with van der Waals surface area (Å²) in [5.74, 6) is -0.645. The molecule has 6 heteroatoms. The molecule has 17 heavy (non-hydrogen) atoms. The van der Waals surface area contributed by atoms with Gasteiger partial charge in [0.05, 0.1) is 17.1 Å². The first-order chi connectivity index (χ1) is 7.67. The van der Waals surface area contributed by atoms with Gasteiger partial charge in [-0.3, -0.25) is 4.55 Å². The van der Waals surface area contributed by atoms with E-state index in [4.69, 9.17) is 9.29 Å². The second-order valence-corrected chi connectivity index (χ2v) is 6.38. The van der Waals surface area contributed by atoms with E-state index < -0.39 is 16.1 Å². The predicted molar refractivity (Wildman–Crippen MR) is 62.8 cm³/mol. The molecule has 0 aromatic rings. The number of hydrogen-bond donors (Lipinski definition) is 1. The van der Waals surface area contributed by atoms with Crippen LogP contribution in [-0.2, 0) is 19.6 Å². The van der Waals surface area contributed by atoms with E-state index in [1.807, 2.05) is 13.8 Å². The van der Waals surface area contributed by atoms with E-state index in [1.165, 1.54) is 0 Å². The molecular formula is C11H18O5S. The quantitative estimate of drug-likeness (QED) is 0.620. The average Bonchev–Trinajstić information content (AvgIpc) is 2.14. The van der Waals surface area contributed by atoms with Gasteiger partial charge in [-0.25, -0.2) is 4.79 Å². The lowest BCUT2D eigenvalue weighted by Gasteiger charge is -2.31. The van der Waals surface area contributed by atoms with Crippen molar-refractivity contribution in [1.82, 2.24) is 0 Å². The maximum absolute atomic E-state index is 11.7. The minimum atomic E-state index is -4.31. The molecule has 0 amide bonds. The van der Waals surface area contributed by atoms with Crippen LogP contribution in [0.4, 0.5) is 0 Å². The van der Waals surface area contributed by atoms with Crippen LogP contribution in [-0.4, -0.2) is 25.5 Å². The van der Waals surface area contributed by atoms with Gasteiger partial charge in [-0.2, -0.15) is 8.42 Å². The highest BCUT2D eigenvalue weighted by molar-refractivity contribution is 7.89. The number of esters is 1. The van der Waals surface area contributed by atoms with Gasteiger partial charge in [-0.05, 0) is 31.6 Å². The van der Waals surface area contributed by atoms with Crippen LogP contribution in [0.25, 0.3) is 0 Å². The molecule has 0 atom stereocenters. The van der Waals surface area contributed by atoms with Crippen molar-refractivity contribution in [2.75, 3.05) is 6.61 Å². The molecule has 5 nitrogen and oxygen atoms in total. The van der Waals surface area contributed by atoms with Gasteiger partial charge in [0, 0.05) is 0 Å². The SMILES string of the molecule is CCOC(=O)C1=C(S(=O)(=O)O)CCC(C)(C)C1. The predicted octanol–water partition coefficient (Wildman–Crippen LogP) is 1.90. The minimum absolute atomic E-state index is 0.0885. The van der Waals surface area contributed by atoms with Crippen LogP contribution in [0.3, 0.4) is 0 Å². The Kier molecular flexibility index (Phi) is 3.99. The summed E-state index contributed by atoms with van der Waals surface area (Å²) in [5.41, 5.74) is -0.0679. The summed E-state index contributed by atoms with van der Waals surface area (Å²) in [6.07, 6.45) is 1.10. The molecule has 0 radical (unpaired) electrons. The summed E-state index contributed by atoms with van der Waals surface area (Å²) in [7, 11) is -4.31. The van der Waals surface area contributed by atoms with Crippen molar-refractivity contribution in [3.05, 3.63) is 10.5 Å². The Bertz CT molecular complexity index is 444. The molecule has 0 spiro atoms. The number of carbonyl (C=O) groups excluding carboxylic acids is 1. The lowest BCUT2D eigenvalue weighted by molar-refractivity contribution is -0.139. The van der Waals surface area contributed by atoms with Crippen molar-refractivity contribution < 1.29 is 22.5 Å². The fraction of sp³-hybridized carbons (Fsp3) is 0.727. The monoisotopic (exact) mass is 262 g/mol. The van der Waals surface area contributed by atoms with E-state index in [2.05, 4.69) is 0 Å². The Morgan fingerprint density at radius 2 is 2.06 bits per heavy atom. The highest BCUT2D eigenvalue weighted by Gasteiger charge is 2.35. The first kappa shape index (κ1) is 14.2. The molecule has 1 N–H and O–H groups in total. The lowest BCUT2D eigenvalue weighted by Crippen LogP contribution is -2.26. The fourth-order valence-corrected chi connectivity index (χ4v) is 2.78. The molecule has 0 bridgehead atoms. The van der Waals surface area contributed by atoms with Crippen molar-refractivity contribution in [3.8, 4) is 0 Å². The van der Waals surface area contributed by atoms with E-state index >= 15 is 0 Å². The maximum atomic E-state index is 11.7. The van der Waals surface area contributed by atoms with Gasteiger partial charge < -0.3 is 4.74 Å². The van der Waals surface area contributed by atoms with Crippen molar-refractivity contribution in [2.45, 2.75) is 40.0 Å². The molecule has 0 saturated heterocycles. The molecule has 0 fully saturated rings. The smallest absolute Gasteiger partial charge is 0.335 e. The summed E-state index contributed by atoms with van der Waals surface area (Å²) >= 11 is 0. The summed E-state index contributed by atoms with van der Waals surface area (Å²) in [6.45, 7) is 5.74. The topological polar surface area (TPSA) is 80.7 Å². The summed E-state index contributed by atoms with van der Waals surface area (Å²) < 4.78 is 36.3. The maximum Gasteiger partial charge on any atom is 0.335 e. The Hall–Kier alpha value is -0.880. The van der Waals surface area contributed by atoms with Gasteiger partial charge in [0.2, 0.25) is 0 Å². The van der Waals surface area contributed by atoms with E-state index in [0.717, 1.165) is 0 Å². The Morgan fingerprint density at radius 1 is 1.47 bits per heavy atom. The van der Waals surface area contributed by atoms with Crippen LogP contribution in [0.2, 0.25) is 0 Å². The van der Waals surface area contributed by atoms with Gasteiger partial charge in [-0.15, -0.1) is 0 Å². The summed E-state index contributed by atoms with van der Waals surface area (Å²) in [4.78, 5) is 11.5. The van der Waals surface area contributed by atoms with Crippen molar-refractivity contribution in [2.24, 2.45) is 5.41 Å². The number of hydrogen-bond acceptors (Lipinski definition) is 4. The molecule has 1 aliphatic carbocycles. The van der Waals surface area contributed by atoms with Crippen LogP contribution < -0.4 is 0 Å². The van der Waals surface area contributed by atoms with Crippen LogP contribution in [0.5, 0.6) is 0 Å².